The first-order valence-electron chi connectivity index (χ1n) is 5.63. The summed E-state index contributed by atoms with van der Waals surface area (Å²) in [7, 11) is 0. The molecule has 7 heteroatoms. The molecule has 0 aromatic carbocycles. The van der Waals surface area contributed by atoms with E-state index in [1.807, 2.05) is 0 Å². The molecular formula is C10H18N2O5. The Bertz CT molecular complexity index is 265. The van der Waals surface area contributed by atoms with Gasteiger partial charge in [0.05, 0.1) is 6.10 Å². The van der Waals surface area contributed by atoms with Gasteiger partial charge < -0.3 is 25.6 Å². The summed E-state index contributed by atoms with van der Waals surface area (Å²) in [5.74, 6) is -1.16. The van der Waals surface area contributed by atoms with Crippen molar-refractivity contribution in [2.24, 2.45) is 0 Å². The Labute approximate surface area is 99.1 Å². The molecule has 1 aliphatic heterocycles. The zero-order valence-corrected chi connectivity index (χ0v) is 9.52. The Morgan fingerprint density at radius 3 is 2.76 bits per heavy atom. The summed E-state index contributed by atoms with van der Waals surface area (Å²) in [6, 6.07) is -1.62. The first-order chi connectivity index (χ1) is 8.13. The number of aliphatic hydroxyl groups excluding tert-OH is 1. The second kappa shape index (κ2) is 7.08. The Balaban J connectivity index is 2.23. The van der Waals surface area contributed by atoms with Crippen molar-refractivity contribution in [1.82, 2.24) is 10.6 Å². The highest BCUT2D eigenvalue weighted by atomic mass is 16.5. The first-order valence-corrected chi connectivity index (χ1v) is 5.63. The fourth-order valence-electron chi connectivity index (χ4n) is 1.61. The van der Waals surface area contributed by atoms with E-state index >= 15 is 0 Å². The van der Waals surface area contributed by atoms with E-state index < -0.39 is 18.0 Å². The predicted octanol–water partition coefficient (Wildman–Crippen LogP) is -0.700. The third-order valence-corrected chi connectivity index (χ3v) is 2.54. The third-order valence-electron chi connectivity index (χ3n) is 2.54. The van der Waals surface area contributed by atoms with Crippen LogP contribution in [-0.2, 0) is 9.53 Å². The highest BCUT2D eigenvalue weighted by molar-refractivity contribution is 5.82. The second-order valence-electron chi connectivity index (χ2n) is 3.89. The van der Waals surface area contributed by atoms with Gasteiger partial charge in [-0.1, -0.05) is 0 Å². The molecule has 0 bridgehead atoms. The van der Waals surface area contributed by atoms with E-state index in [9.17, 15) is 9.59 Å². The summed E-state index contributed by atoms with van der Waals surface area (Å²) in [6.45, 7) is 0.788. The SMILES string of the molecule is O=C(NCC1CCCO1)N[C@H](CCO)C(=O)O. The zero-order chi connectivity index (χ0) is 12.7. The van der Waals surface area contributed by atoms with Crippen LogP contribution in [-0.4, -0.2) is 54.1 Å². The molecule has 1 saturated heterocycles. The largest absolute Gasteiger partial charge is 0.480 e. The first kappa shape index (κ1) is 13.7. The van der Waals surface area contributed by atoms with Gasteiger partial charge in [0, 0.05) is 26.2 Å². The molecule has 0 spiro atoms. The van der Waals surface area contributed by atoms with Crippen molar-refractivity contribution in [3.8, 4) is 0 Å². The van der Waals surface area contributed by atoms with Gasteiger partial charge in [-0.15, -0.1) is 0 Å². The van der Waals surface area contributed by atoms with E-state index in [4.69, 9.17) is 14.9 Å². The molecular weight excluding hydrogens is 228 g/mol. The Kier molecular flexibility index (Phi) is 5.71. The van der Waals surface area contributed by atoms with E-state index in [2.05, 4.69) is 10.6 Å². The highest BCUT2D eigenvalue weighted by Crippen LogP contribution is 2.10. The van der Waals surface area contributed by atoms with Crippen molar-refractivity contribution < 1.29 is 24.5 Å². The van der Waals surface area contributed by atoms with E-state index in [0.29, 0.717) is 13.2 Å². The van der Waals surface area contributed by atoms with Gasteiger partial charge >= 0.3 is 12.0 Å². The number of amides is 2. The molecule has 0 aromatic rings. The molecule has 98 valence electrons. The van der Waals surface area contributed by atoms with Crippen molar-refractivity contribution in [1.29, 1.82) is 0 Å². The molecule has 2 amide bonds. The number of aliphatic hydroxyl groups is 1. The summed E-state index contributed by atoms with van der Waals surface area (Å²) in [5, 5.41) is 22.2. The van der Waals surface area contributed by atoms with E-state index in [0.717, 1.165) is 12.8 Å². The molecule has 1 unspecified atom stereocenters. The Hall–Kier alpha value is -1.34. The average molecular weight is 246 g/mol. The molecule has 17 heavy (non-hydrogen) atoms. The summed E-state index contributed by atoms with van der Waals surface area (Å²) in [6.07, 6.45) is 1.89. The maximum atomic E-state index is 11.4. The normalized spacial score (nSPS) is 20.9. The lowest BCUT2D eigenvalue weighted by Crippen LogP contribution is -2.47. The monoisotopic (exact) mass is 246 g/mol. The van der Waals surface area contributed by atoms with Gasteiger partial charge in [0.2, 0.25) is 0 Å². The Morgan fingerprint density at radius 1 is 1.47 bits per heavy atom. The average Bonchev–Trinajstić information content (AvgIpc) is 2.78. The van der Waals surface area contributed by atoms with Crippen LogP contribution in [0.2, 0.25) is 0 Å². The number of carboxylic acid groups (broad SMARTS) is 1. The maximum Gasteiger partial charge on any atom is 0.326 e. The van der Waals surface area contributed by atoms with Gasteiger partial charge in [0.1, 0.15) is 6.04 Å². The van der Waals surface area contributed by atoms with Crippen LogP contribution in [0.4, 0.5) is 4.79 Å². The molecule has 4 N–H and O–H groups in total. The number of carbonyl (C=O) groups excluding carboxylic acids is 1. The van der Waals surface area contributed by atoms with Crippen molar-refractivity contribution >= 4 is 12.0 Å². The van der Waals surface area contributed by atoms with Crippen molar-refractivity contribution in [2.45, 2.75) is 31.4 Å². The van der Waals surface area contributed by atoms with Gasteiger partial charge in [-0.25, -0.2) is 9.59 Å². The van der Waals surface area contributed by atoms with Crippen LogP contribution >= 0.6 is 0 Å². The summed E-state index contributed by atoms with van der Waals surface area (Å²) >= 11 is 0. The highest BCUT2D eigenvalue weighted by Gasteiger charge is 2.20. The van der Waals surface area contributed by atoms with E-state index in [-0.39, 0.29) is 19.1 Å². The molecule has 0 aliphatic carbocycles. The summed E-state index contributed by atoms with van der Waals surface area (Å²) in [5.41, 5.74) is 0. The number of hydrogen-bond donors (Lipinski definition) is 4. The lowest BCUT2D eigenvalue weighted by atomic mass is 10.2. The topological polar surface area (TPSA) is 108 Å². The standard InChI is InChI=1S/C10H18N2O5/c13-4-3-8(9(14)15)12-10(16)11-6-7-2-1-5-17-7/h7-8,13H,1-6H2,(H,14,15)(H2,11,12,16)/t7?,8-/m1/s1. The number of hydrogen-bond acceptors (Lipinski definition) is 4. The molecule has 0 aromatic heterocycles. The van der Waals surface area contributed by atoms with Crippen LogP contribution in [0.3, 0.4) is 0 Å². The minimum atomic E-state index is -1.16. The number of aliphatic carboxylic acids is 1. The molecule has 7 nitrogen and oxygen atoms in total. The molecule has 1 heterocycles. The van der Waals surface area contributed by atoms with Crippen LogP contribution in [0.25, 0.3) is 0 Å². The smallest absolute Gasteiger partial charge is 0.326 e. The van der Waals surface area contributed by atoms with Crippen LogP contribution in [0.15, 0.2) is 0 Å². The number of ether oxygens (including phenoxy) is 1. The molecule has 1 rings (SSSR count). The number of rotatable bonds is 6. The molecule has 0 radical (unpaired) electrons. The second-order valence-corrected chi connectivity index (χ2v) is 3.89. The lowest BCUT2D eigenvalue weighted by Gasteiger charge is -2.15. The predicted molar refractivity (Wildman–Crippen MR) is 58.6 cm³/mol. The molecule has 2 atom stereocenters. The van der Waals surface area contributed by atoms with Gasteiger partial charge in [-0.2, -0.15) is 0 Å². The third kappa shape index (κ3) is 5.01. The van der Waals surface area contributed by atoms with Gasteiger partial charge in [-0.05, 0) is 12.8 Å². The fourth-order valence-corrected chi connectivity index (χ4v) is 1.61. The van der Waals surface area contributed by atoms with Crippen molar-refractivity contribution in [3.05, 3.63) is 0 Å². The van der Waals surface area contributed by atoms with Gasteiger partial charge in [-0.3, -0.25) is 0 Å². The number of urea groups is 1. The van der Waals surface area contributed by atoms with Crippen LogP contribution in [0.1, 0.15) is 19.3 Å². The molecule has 0 saturated carbocycles. The van der Waals surface area contributed by atoms with E-state index in [1.54, 1.807) is 0 Å². The summed E-state index contributed by atoms with van der Waals surface area (Å²) in [4.78, 5) is 22.1. The van der Waals surface area contributed by atoms with Crippen LogP contribution in [0, 0.1) is 0 Å². The lowest BCUT2D eigenvalue weighted by molar-refractivity contribution is -0.139. The number of carboxylic acids is 1. The minimum Gasteiger partial charge on any atom is -0.480 e. The quantitative estimate of drug-likeness (QED) is 0.495. The van der Waals surface area contributed by atoms with Gasteiger partial charge in [0.25, 0.3) is 0 Å². The van der Waals surface area contributed by atoms with E-state index in [1.165, 1.54) is 0 Å². The molecule has 1 aliphatic rings. The fraction of sp³-hybridized carbons (Fsp3) is 0.800. The van der Waals surface area contributed by atoms with Crippen molar-refractivity contribution in [3.63, 3.8) is 0 Å². The Morgan fingerprint density at radius 2 is 2.24 bits per heavy atom. The number of nitrogens with one attached hydrogen (secondary N) is 2. The summed E-state index contributed by atoms with van der Waals surface area (Å²) < 4.78 is 5.30. The molecule has 1 fully saturated rings. The maximum absolute atomic E-state index is 11.4. The van der Waals surface area contributed by atoms with Gasteiger partial charge in [0.15, 0.2) is 0 Å². The van der Waals surface area contributed by atoms with Crippen LogP contribution in [0.5, 0.6) is 0 Å². The van der Waals surface area contributed by atoms with Crippen molar-refractivity contribution in [2.75, 3.05) is 19.8 Å². The zero-order valence-electron chi connectivity index (χ0n) is 9.52. The number of carbonyl (C=O) groups is 2. The minimum absolute atomic E-state index is 0.0112. The van der Waals surface area contributed by atoms with Crippen LogP contribution < -0.4 is 10.6 Å².